The molecule has 1 N–H and O–H groups in total. The van der Waals surface area contributed by atoms with Crippen LogP contribution >= 0.6 is 0 Å². The van der Waals surface area contributed by atoms with E-state index < -0.39 is 0 Å². The first-order valence-electron chi connectivity index (χ1n) is 6.42. The van der Waals surface area contributed by atoms with Gasteiger partial charge in [-0.2, -0.15) is 0 Å². The Kier molecular flexibility index (Phi) is 3.98. The molecule has 0 amide bonds. The van der Waals surface area contributed by atoms with Crippen molar-refractivity contribution >= 4 is 11.4 Å². The van der Waals surface area contributed by atoms with E-state index in [1.54, 1.807) is 12.3 Å². The number of hydrogen-bond acceptors (Lipinski definition) is 4. The first kappa shape index (κ1) is 14.0. The number of aromatic nitrogens is 1. The average Bonchev–Trinajstić information content (AvgIpc) is 2.43. The Hall–Kier alpha value is -2.43. The van der Waals surface area contributed by atoms with Crippen LogP contribution in [-0.2, 0) is 0 Å². The number of rotatable bonds is 4. The molecule has 0 bridgehead atoms. The Morgan fingerprint density at radius 3 is 2.55 bits per heavy atom. The van der Waals surface area contributed by atoms with Crippen molar-refractivity contribution in [3.63, 3.8) is 0 Å². The summed E-state index contributed by atoms with van der Waals surface area (Å²) in [5.41, 5.74) is 3.39. The molecule has 0 aliphatic heterocycles. The largest absolute Gasteiger partial charge is 0.371 e. The lowest BCUT2D eigenvalue weighted by atomic mass is 10.1. The minimum Gasteiger partial charge on any atom is -0.371 e. The zero-order chi connectivity index (χ0) is 14.7. The van der Waals surface area contributed by atoms with Gasteiger partial charge >= 0.3 is 0 Å². The third-order valence-electron chi connectivity index (χ3n) is 3.31. The van der Waals surface area contributed by atoms with E-state index in [2.05, 4.69) is 10.3 Å². The lowest BCUT2D eigenvalue weighted by Crippen LogP contribution is -2.10. The molecular weight excluding hydrogens is 254 g/mol. The van der Waals surface area contributed by atoms with E-state index in [4.69, 9.17) is 0 Å². The maximum Gasteiger partial charge on any atom is 0.292 e. The Morgan fingerprint density at radius 1 is 1.25 bits per heavy atom. The zero-order valence-electron chi connectivity index (χ0n) is 11.8. The third kappa shape index (κ3) is 2.93. The van der Waals surface area contributed by atoms with Gasteiger partial charge in [0.2, 0.25) is 0 Å². The number of hydrogen-bond donors (Lipinski definition) is 1. The van der Waals surface area contributed by atoms with Gasteiger partial charge < -0.3 is 5.32 Å². The van der Waals surface area contributed by atoms with Crippen molar-refractivity contribution in [1.82, 2.24) is 4.98 Å². The second kappa shape index (κ2) is 5.69. The van der Waals surface area contributed by atoms with Gasteiger partial charge in [-0.15, -0.1) is 0 Å². The molecule has 0 saturated heterocycles. The van der Waals surface area contributed by atoms with Crippen molar-refractivity contribution in [2.45, 2.75) is 26.8 Å². The molecule has 104 valence electrons. The summed E-state index contributed by atoms with van der Waals surface area (Å²) in [6.45, 7) is 5.74. The fraction of sp³-hybridized carbons (Fsp3) is 0.267. The highest BCUT2D eigenvalue weighted by Crippen LogP contribution is 2.30. The summed E-state index contributed by atoms with van der Waals surface area (Å²) in [5, 5.41) is 14.3. The molecule has 5 nitrogen and oxygen atoms in total. The van der Waals surface area contributed by atoms with E-state index in [1.165, 1.54) is 0 Å². The molecule has 0 aliphatic carbocycles. The molecule has 2 aromatic rings. The average molecular weight is 271 g/mol. The molecule has 2 rings (SSSR count). The molecule has 0 radical (unpaired) electrons. The summed E-state index contributed by atoms with van der Waals surface area (Å²) in [5.74, 6) is 0. The van der Waals surface area contributed by atoms with E-state index >= 15 is 0 Å². The molecule has 20 heavy (non-hydrogen) atoms. The van der Waals surface area contributed by atoms with Crippen molar-refractivity contribution < 1.29 is 4.92 Å². The molecule has 0 saturated carbocycles. The quantitative estimate of drug-likeness (QED) is 0.678. The van der Waals surface area contributed by atoms with E-state index in [9.17, 15) is 10.1 Å². The Labute approximate surface area is 117 Å². The molecule has 0 fully saturated rings. The normalized spacial score (nSPS) is 11.9. The van der Waals surface area contributed by atoms with Crippen LogP contribution in [0.2, 0.25) is 0 Å². The smallest absolute Gasteiger partial charge is 0.292 e. The second-order valence-electron chi connectivity index (χ2n) is 4.83. The first-order valence-corrected chi connectivity index (χ1v) is 6.42. The van der Waals surface area contributed by atoms with Crippen molar-refractivity contribution in [3.05, 3.63) is 63.5 Å². The van der Waals surface area contributed by atoms with Crippen LogP contribution < -0.4 is 5.32 Å². The Balaban J connectivity index is 2.33. The van der Waals surface area contributed by atoms with E-state index in [0.29, 0.717) is 5.69 Å². The SMILES string of the molecule is Cc1cc(NC(C)c2ccccn2)c([N+](=O)[O-])cc1C. The number of nitro groups is 1. The Morgan fingerprint density at radius 2 is 1.95 bits per heavy atom. The second-order valence-corrected chi connectivity index (χ2v) is 4.83. The monoisotopic (exact) mass is 271 g/mol. The third-order valence-corrected chi connectivity index (χ3v) is 3.31. The van der Waals surface area contributed by atoms with Crippen LogP contribution in [0.4, 0.5) is 11.4 Å². The van der Waals surface area contributed by atoms with Crippen LogP contribution in [0.15, 0.2) is 36.5 Å². The van der Waals surface area contributed by atoms with E-state index in [-0.39, 0.29) is 16.7 Å². The molecule has 1 heterocycles. The highest BCUT2D eigenvalue weighted by Gasteiger charge is 2.17. The highest BCUT2D eigenvalue weighted by molar-refractivity contribution is 5.65. The molecule has 1 aromatic heterocycles. The molecule has 0 spiro atoms. The van der Waals surface area contributed by atoms with Gasteiger partial charge in [0.05, 0.1) is 16.7 Å². The lowest BCUT2D eigenvalue weighted by molar-refractivity contribution is -0.384. The van der Waals surface area contributed by atoms with Gasteiger partial charge in [-0.25, -0.2) is 0 Å². The summed E-state index contributed by atoms with van der Waals surface area (Å²) >= 11 is 0. The number of anilines is 1. The zero-order valence-corrected chi connectivity index (χ0v) is 11.8. The summed E-state index contributed by atoms with van der Waals surface area (Å²) in [6.07, 6.45) is 1.71. The summed E-state index contributed by atoms with van der Waals surface area (Å²) in [7, 11) is 0. The number of nitrogens with one attached hydrogen (secondary N) is 1. The predicted octanol–water partition coefficient (Wildman–Crippen LogP) is 3.78. The number of benzene rings is 1. The van der Waals surface area contributed by atoms with Crippen LogP contribution in [0, 0.1) is 24.0 Å². The summed E-state index contributed by atoms with van der Waals surface area (Å²) in [6, 6.07) is 8.95. The number of pyridine rings is 1. The van der Waals surface area contributed by atoms with Crippen LogP contribution in [0.3, 0.4) is 0 Å². The maximum atomic E-state index is 11.2. The highest BCUT2D eigenvalue weighted by atomic mass is 16.6. The number of aryl methyl sites for hydroxylation is 2. The fourth-order valence-corrected chi connectivity index (χ4v) is 2.01. The minimum absolute atomic E-state index is 0.0934. The van der Waals surface area contributed by atoms with E-state index in [1.807, 2.05) is 45.0 Å². The van der Waals surface area contributed by atoms with Gasteiger partial charge in [-0.05, 0) is 50.1 Å². The molecule has 1 unspecified atom stereocenters. The standard InChI is InChI=1S/C15H17N3O2/c1-10-8-14(15(18(19)20)9-11(10)2)17-12(3)13-6-4-5-7-16-13/h4-9,12,17H,1-3H3. The van der Waals surface area contributed by atoms with Crippen LogP contribution in [-0.4, -0.2) is 9.91 Å². The van der Waals surface area contributed by atoms with Crippen LogP contribution in [0.25, 0.3) is 0 Å². The van der Waals surface area contributed by atoms with Crippen molar-refractivity contribution in [2.75, 3.05) is 5.32 Å². The fourth-order valence-electron chi connectivity index (χ4n) is 2.01. The van der Waals surface area contributed by atoms with Gasteiger partial charge in [0.15, 0.2) is 0 Å². The van der Waals surface area contributed by atoms with E-state index in [0.717, 1.165) is 16.8 Å². The van der Waals surface area contributed by atoms with Crippen LogP contribution in [0.5, 0.6) is 0 Å². The van der Waals surface area contributed by atoms with Gasteiger partial charge in [0.1, 0.15) is 5.69 Å². The predicted molar refractivity (Wildman–Crippen MR) is 78.8 cm³/mol. The van der Waals surface area contributed by atoms with Gasteiger partial charge in [-0.3, -0.25) is 15.1 Å². The van der Waals surface area contributed by atoms with Gasteiger partial charge in [0.25, 0.3) is 5.69 Å². The summed E-state index contributed by atoms with van der Waals surface area (Å²) in [4.78, 5) is 15.0. The van der Waals surface area contributed by atoms with Crippen molar-refractivity contribution in [1.29, 1.82) is 0 Å². The minimum atomic E-state index is -0.361. The lowest BCUT2D eigenvalue weighted by Gasteiger charge is -2.16. The first-order chi connectivity index (χ1) is 9.49. The molecule has 0 aliphatic rings. The van der Waals surface area contributed by atoms with Crippen molar-refractivity contribution in [2.24, 2.45) is 0 Å². The van der Waals surface area contributed by atoms with Gasteiger partial charge in [0, 0.05) is 12.3 Å². The molecule has 1 atom stereocenters. The molecular formula is C15H17N3O2. The molecule has 5 heteroatoms. The topological polar surface area (TPSA) is 68.1 Å². The van der Waals surface area contributed by atoms with Crippen LogP contribution in [0.1, 0.15) is 29.8 Å². The summed E-state index contributed by atoms with van der Waals surface area (Å²) < 4.78 is 0. The van der Waals surface area contributed by atoms with Crippen molar-refractivity contribution in [3.8, 4) is 0 Å². The number of nitro benzene ring substituents is 1. The molecule has 1 aromatic carbocycles. The maximum absolute atomic E-state index is 11.2. The Bertz CT molecular complexity index is 627. The van der Waals surface area contributed by atoms with Gasteiger partial charge in [-0.1, -0.05) is 6.07 Å². The number of nitrogens with zero attached hydrogens (tertiary/aromatic N) is 2.